The quantitative estimate of drug-likeness (QED) is 0.0998. The van der Waals surface area contributed by atoms with Gasteiger partial charge in [0.2, 0.25) is 11.6 Å². The molecule has 6 aliphatic rings. The van der Waals surface area contributed by atoms with E-state index in [2.05, 4.69) is 0 Å². The zero-order valence-electron chi connectivity index (χ0n) is 33.6. The minimum atomic E-state index is -4.14. The van der Waals surface area contributed by atoms with Crippen molar-refractivity contribution >= 4 is 55.6 Å². The molecule has 0 aromatic rings. The molecule has 54 heavy (non-hydrogen) atoms. The van der Waals surface area contributed by atoms with Crippen molar-refractivity contribution in [3.8, 4) is 0 Å². The molecule has 0 amide bonds. The van der Waals surface area contributed by atoms with Crippen molar-refractivity contribution in [1.29, 1.82) is 5.41 Å². The van der Waals surface area contributed by atoms with E-state index in [0.717, 1.165) is 4.90 Å². The number of likely N-dealkylation sites (N-methyl/N-ethyl adjacent to an activating group) is 1. The zero-order chi connectivity index (χ0) is 40.2. The fraction of sp³-hybridized carbons (Fsp3) is 0.929. The van der Waals surface area contributed by atoms with Crippen molar-refractivity contribution in [1.82, 2.24) is 4.90 Å². The number of carbonyl (C=O) groups is 1. The second-order valence-corrected chi connectivity index (χ2v) is 17.2. The van der Waals surface area contributed by atoms with E-state index in [0.29, 0.717) is 0 Å². The molecular weight excluding hydrogens is 783 g/mol. The van der Waals surface area contributed by atoms with Crippen molar-refractivity contribution < 1.29 is 85.3 Å². The maximum atomic E-state index is 11.1. The van der Waals surface area contributed by atoms with Gasteiger partial charge in [0.15, 0.2) is 29.1 Å². The first-order valence-electron chi connectivity index (χ1n) is 16.2. The Morgan fingerprint density at radius 1 is 0.741 bits per heavy atom. The standard InChI is InChI=1S/2C12H21NO8S.C4H9N3O2.Mg.2H/c2*1-10(2)18-7-5-16-12(6-17-22(13,14)15)9(8(7)19-10)20-11(3,4)21-12;1-7(4(5)6)2-3(8)9;;;/h2*7-9H,5-6H2,1-4H3,(H2,13,14,15);2H2,1H3,(H3,5,6)(H,8,9);;;/q;;;+2;2*-1/t2*7-,8-,9+,12+;;;;/m11..../s1. The Kier molecular flexibility index (Phi) is 14.2. The van der Waals surface area contributed by atoms with Crippen LogP contribution in [-0.4, -0.2) is 173 Å². The summed E-state index contributed by atoms with van der Waals surface area (Å²) in [6.07, 6.45) is -3.00. The summed E-state index contributed by atoms with van der Waals surface area (Å²) in [7, 11) is -6.83. The first-order chi connectivity index (χ1) is 23.9. The molecule has 0 saturated carbocycles. The molecule has 6 fully saturated rings. The molecule has 6 saturated heterocycles. The molecule has 23 nitrogen and oxygen atoms in total. The van der Waals surface area contributed by atoms with E-state index in [1.54, 1.807) is 55.4 Å². The second kappa shape index (κ2) is 16.2. The number of nitrogens with two attached hydrogens (primary N) is 3. The van der Waals surface area contributed by atoms with Crippen molar-refractivity contribution in [2.75, 3.05) is 40.0 Å². The number of nitrogens with one attached hydrogen (secondary N) is 1. The molecule has 6 aliphatic heterocycles. The normalized spacial score (nSPS) is 36.4. The summed E-state index contributed by atoms with van der Waals surface area (Å²) in [6, 6.07) is 0. The van der Waals surface area contributed by atoms with Gasteiger partial charge in [-0.2, -0.15) is 16.8 Å². The van der Waals surface area contributed by atoms with Crippen LogP contribution in [0.5, 0.6) is 0 Å². The summed E-state index contributed by atoms with van der Waals surface area (Å²) >= 11 is 0. The van der Waals surface area contributed by atoms with Gasteiger partial charge in [-0.1, -0.05) is 0 Å². The van der Waals surface area contributed by atoms with Crippen LogP contribution in [0, 0.1) is 5.41 Å². The van der Waals surface area contributed by atoms with Gasteiger partial charge in [0.05, 0.1) is 13.2 Å². The Labute approximate surface area is 333 Å². The van der Waals surface area contributed by atoms with Crippen LogP contribution >= 0.6 is 0 Å². The molecule has 0 aromatic carbocycles. The number of nitrogens with zero attached hydrogens (tertiary/aromatic N) is 1. The second-order valence-electron chi connectivity index (χ2n) is 14.7. The number of carboxylic acid groups (broad SMARTS) is 1. The van der Waals surface area contributed by atoms with Crippen LogP contribution in [0.25, 0.3) is 0 Å². The van der Waals surface area contributed by atoms with E-state index in [1.807, 2.05) is 0 Å². The van der Waals surface area contributed by atoms with E-state index >= 15 is 0 Å². The van der Waals surface area contributed by atoms with Crippen LogP contribution in [0.3, 0.4) is 0 Å². The molecule has 8 atom stereocenters. The van der Waals surface area contributed by atoms with E-state index in [1.165, 1.54) is 7.05 Å². The van der Waals surface area contributed by atoms with Gasteiger partial charge in [-0.05, 0) is 55.4 Å². The number of carboxylic acids is 1. The number of rotatable bonds is 8. The van der Waals surface area contributed by atoms with Gasteiger partial charge >= 0.3 is 49.6 Å². The molecule has 0 aliphatic carbocycles. The molecule has 312 valence electrons. The molecule has 26 heteroatoms. The number of fused-ring (bicyclic) bond motifs is 6. The first kappa shape index (κ1) is 47.2. The Bertz CT molecular complexity index is 1510. The average molecular weight is 836 g/mol. The van der Waals surface area contributed by atoms with Gasteiger partial charge < -0.3 is 66.0 Å². The minimum Gasteiger partial charge on any atom is -1.00 e. The van der Waals surface area contributed by atoms with Crippen molar-refractivity contribution in [3.05, 3.63) is 0 Å². The molecule has 0 radical (unpaired) electrons. The van der Waals surface area contributed by atoms with Crippen LogP contribution in [0.1, 0.15) is 58.2 Å². The third-order valence-electron chi connectivity index (χ3n) is 8.18. The summed E-state index contributed by atoms with van der Waals surface area (Å²) in [4.78, 5) is 11.0. The van der Waals surface area contributed by atoms with Crippen LogP contribution in [-0.2, 0) is 81.1 Å². The van der Waals surface area contributed by atoms with E-state index in [4.69, 9.17) is 82.3 Å². The summed E-state index contributed by atoms with van der Waals surface area (Å²) < 4.78 is 112. The van der Waals surface area contributed by atoms with Gasteiger partial charge in [0.1, 0.15) is 56.4 Å². The van der Waals surface area contributed by atoms with Crippen molar-refractivity contribution in [3.63, 3.8) is 0 Å². The number of aliphatic carboxylic acids is 1. The molecule has 6 rings (SSSR count). The maximum Gasteiger partial charge on any atom is 2.00 e. The van der Waals surface area contributed by atoms with Gasteiger partial charge in [-0.3, -0.25) is 18.6 Å². The Hall–Kier alpha value is -1.15. The summed E-state index contributed by atoms with van der Waals surface area (Å²) in [5, 5.41) is 24.7. The molecule has 6 heterocycles. The summed E-state index contributed by atoms with van der Waals surface area (Å²) in [6.45, 7) is 13.2. The van der Waals surface area contributed by atoms with E-state index < -0.39 is 98.9 Å². The van der Waals surface area contributed by atoms with Crippen molar-refractivity contribution in [2.24, 2.45) is 16.0 Å². The largest absolute Gasteiger partial charge is 2.00 e. The molecule has 0 aromatic heterocycles. The smallest absolute Gasteiger partial charge is 1.00 e. The number of hydrogen-bond acceptors (Lipinski definition) is 18. The Morgan fingerprint density at radius 2 is 1.09 bits per heavy atom. The van der Waals surface area contributed by atoms with Gasteiger partial charge in [0, 0.05) is 7.05 Å². The fourth-order valence-electron chi connectivity index (χ4n) is 6.51. The monoisotopic (exact) mass is 835 g/mol. The predicted molar refractivity (Wildman–Crippen MR) is 183 cm³/mol. The summed E-state index contributed by atoms with van der Waals surface area (Å²) in [5.41, 5.74) is 4.93. The maximum absolute atomic E-state index is 11.1. The molecule has 0 bridgehead atoms. The van der Waals surface area contributed by atoms with E-state index in [-0.39, 0.29) is 63.8 Å². The molecular formula is C28H53MgN5O18S2. The van der Waals surface area contributed by atoms with Crippen LogP contribution in [0.2, 0.25) is 0 Å². The molecule has 0 unspecified atom stereocenters. The number of guanidine groups is 1. The van der Waals surface area contributed by atoms with Crippen molar-refractivity contribution in [2.45, 2.75) is 127 Å². The SMILES string of the molecule is CC1(C)O[C@@H]2[C@@H](CO[C@@]3(COS(N)(=O)=O)OC(C)(C)O[C@@H]23)O1.CC1(C)O[C@@H]2[C@@H](CO[C@@]3(COS(N)(=O)=O)OC(C)(C)O[C@@H]23)O1.CN(CC(=O)O)C(=N)N.[H-].[H-].[Mg+2]. The van der Waals surface area contributed by atoms with Gasteiger partial charge in [-0.25, -0.2) is 10.3 Å². The van der Waals surface area contributed by atoms with Crippen LogP contribution in [0.15, 0.2) is 0 Å². The fourth-order valence-corrected chi connectivity index (χ4v) is 7.17. The van der Waals surface area contributed by atoms with Gasteiger partial charge in [0.25, 0.3) is 0 Å². The zero-order valence-corrected chi connectivity index (χ0v) is 34.6. The number of ether oxygens (including phenoxy) is 10. The first-order valence-corrected chi connectivity index (χ1v) is 19.2. The summed E-state index contributed by atoms with van der Waals surface area (Å²) in [5.74, 6) is -7.61. The third-order valence-corrected chi connectivity index (χ3v) is 9.07. The predicted octanol–water partition coefficient (Wildman–Crippen LogP) is -2.05. The minimum absolute atomic E-state index is 0. The van der Waals surface area contributed by atoms with Gasteiger partial charge in [-0.15, -0.1) is 0 Å². The van der Waals surface area contributed by atoms with E-state index in [9.17, 15) is 21.6 Å². The number of hydrogen-bond donors (Lipinski definition) is 5. The van der Waals surface area contributed by atoms with Crippen LogP contribution in [0.4, 0.5) is 0 Å². The topological polar surface area (TPSA) is 321 Å². The Balaban J connectivity index is 0.000000443. The third kappa shape index (κ3) is 11.9. The average Bonchev–Trinajstić information content (AvgIpc) is 3.64. The Morgan fingerprint density at radius 3 is 1.37 bits per heavy atom. The molecule has 0 spiro atoms. The molecule has 8 N–H and O–H groups in total. The van der Waals surface area contributed by atoms with Crippen LogP contribution < -0.4 is 16.0 Å².